The van der Waals surface area contributed by atoms with Gasteiger partial charge < -0.3 is 4.74 Å². The second kappa shape index (κ2) is 4.18. The van der Waals surface area contributed by atoms with Crippen molar-refractivity contribution in [2.24, 2.45) is 0 Å². The maximum atomic E-state index is 5.28. The number of rotatable bonds is 2. The van der Waals surface area contributed by atoms with Crippen molar-refractivity contribution >= 4 is 10.9 Å². The van der Waals surface area contributed by atoms with Crippen LogP contribution in [-0.4, -0.2) is 17.3 Å². The number of hydrogen-bond acceptors (Lipinski definition) is 2. The topological polar surface area (TPSA) is 37.9 Å². The lowest BCUT2D eigenvalue weighted by atomic mass is 10.1. The molecule has 0 unspecified atom stereocenters. The molecular weight excluding hydrogens is 224 g/mol. The zero-order valence-corrected chi connectivity index (χ0v) is 10.4. The van der Waals surface area contributed by atoms with Crippen LogP contribution in [0.25, 0.3) is 22.2 Å². The fourth-order valence-electron chi connectivity index (χ4n) is 2.21. The number of aromatic nitrogens is 2. The number of methoxy groups -OCH3 is 1. The van der Waals surface area contributed by atoms with Gasteiger partial charge in [-0.1, -0.05) is 18.2 Å². The van der Waals surface area contributed by atoms with Gasteiger partial charge in [0, 0.05) is 10.9 Å². The number of benzene rings is 2. The molecule has 0 atom stereocenters. The molecule has 0 saturated heterocycles. The molecule has 0 aliphatic heterocycles. The number of para-hydroxylation sites is 1. The Balaban J connectivity index is 2.17. The Bertz CT molecular complexity index is 701. The number of hydrogen-bond donors (Lipinski definition) is 1. The zero-order valence-electron chi connectivity index (χ0n) is 10.4. The SMILES string of the molecule is COc1ccc(-c2n[nH]c3ccccc23)cc1C. The van der Waals surface area contributed by atoms with E-state index in [-0.39, 0.29) is 0 Å². The number of nitrogens with zero attached hydrogens (tertiary/aromatic N) is 1. The average Bonchev–Trinajstić information content (AvgIpc) is 2.82. The van der Waals surface area contributed by atoms with E-state index in [1.54, 1.807) is 7.11 Å². The van der Waals surface area contributed by atoms with Crippen LogP contribution in [-0.2, 0) is 0 Å². The summed E-state index contributed by atoms with van der Waals surface area (Å²) in [4.78, 5) is 0. The van der Waals surface area contributed by atoms with Crippen molar-refractivity contribution in [3.05, 3.63) is 48.0 Å². The first-order valence-corrected chi connectivity index (χ1v) is 5.87. The molecule has 3 rings (SSSR count). The van der Waals surface area contributed by atoms with Gasteiger partial charge in [-0.05, 0) is 36.8 Å². The maximum absolute atomic E-state index is 5.28. The standard InChI is InChI=1S/C15H14N2O/c1-10-9-11(7-8-14(10)18-2)15-12-5-3-4-6-13(12)16-17-15/h3-9H,1-2H3,(H,16,17). The number of H-pyrrole nitrogens is 1. The number of fused-ring (bicyclic) bond motifs is 1. The van der Waals surface area contributed by atoms with Crippen molar-refractivity contribution in [2.75, 3.05) is 7.11 Å². The average molecular weight is 238 g/mol. The molecule has 0 saturated carbocycles. The second-order valence-electron chi connectivity index (χ2n) is 4.30. The van der Waals surface area contributed by atoms with E-state index in [0.717, 1.165) is 33.5 Å². The van der Waals surface area contributed by atoms with Gasteiger partial charge in [-0.15, -0.1) is 0 Å². The molecule has 18 heavy (non-hydrogen) atoms. The van der Waals surface area contributed by atoms with E-state index in [1.165, 1.54) is 0 Å². The molecule has 0 fully saturated rings. The molecule has 0 radical (unpaired) electrons. The molecule has 0 bridgehead atoms. The summed E-state index contributed by atoms with van der Waals surface area (Å²) in [5.41, 5.74) is 4.25. The third-order valence-electron chi connectivity index (χ3n) is 3.14. The van der Waals surface area contributed by atoms with Gasteiger partial charge in [0.05, 0.1) is 18.3 Å². The molecule has 1 aromatic heterocycles. The molecule has 1 N–H and O–H groups in total. The summed E-state index contributed by atoms with van der Waals surface area (Å²) in [6.45, 7) is 2.04. The Kier molecular flexibility index (Phi) is 2.52. The molecule has 3 heteroatoms. The molecule has 90 valence electrons. The van der Waals surface area contributed by atoms with Crippen LogP contribution in [0, 0.1) is 6.92 Å². The molecule has 3 aromatic rings. The van der Waals surface area contributed by atoms with E-state index in [9.17, 15) is 0 Å². The number of ether oxygens (including phenoxy) is 1. The van der Waals surface area contributed by atoms with Crippen molar-refractivity contribution in [2.45, 2.75) is 6.92 Å². The van der Waals surface area contributed by atoms with Gasteiger partial charge in [-0.2, -0.15) is 5.10 Å². The van der Waals surface area contributed by atoms with Gasteiger partial charge >= 0.3 is 0 Å². The summed E-state index contributed by atoms with van der Waals surface area (Å²) in [5, 5.41) is 8.59. The maximum Gasteiger partial charge on any atom is 0.121 e. The van der Waals surface area contributed by atoms with Crippen LogP contribution in [0.1, 0.15) is 5.56 Å². The first kappa shape index (κ1) is 10.8. The van der Waals surface area contributed by atoms with Crippen molar-refractivity contribution in [1.82, 2.24) is 10.2 Å². The van der Waals surface area contributed by atoms with Gasteiger partial charge in [0.15, 0.2) is 0 Å². The fraction of sp³-hybridized carbons (Fsp3) is 0.133. The largest absolute Gasteiger partial charge is 0.496 e. The Morgan fingerprint density at radius 2 is 1.94 bits per heavy atom. The lowest BCUT2D eigenvalue weighted by molar-refractivity contribution is 0.412. The van der Waals surface area contributed by atoms with E-state index in [1.807, 2.05) is 37.3 Å². The number of aryl methyl sites for hydroxylation is 1. The Morgan fingerprint density at radius 1 is 1.11 bits per heavy atom. The summed E-state index contributed by atoms with van der Waals surface area (Å²) >= 11 is 0. The Morgan fingerprint density at radius 3 is 2.72 bits per heavy atom. The molecule has 0 aliphatic carbocycles. The highest BCUT2D eigenvalue weighted by molar-refractivity contribution is 5.92. The minimum atomic E-state index is 0.901. The molecule has 0 aliphatic rings. The van der Waals surface area contributed by atoms with Crippen LogP contribution in [0.15, 0.2) is 42.5 Å². The molecule has 2 aromatic carbocycles. The predicted molar refractivity (Wildman–Crippen MR) is 72.8 cm³/mol. The third kappa shape index (κ3) is 1.64. The lowest BCUT2D eigenvalue weighted by Crippen LogP contribution is -1.88. The Hall–Kier alpha value is -2.29. The van der Waals surface area contributed by atoms with E-state index < -0.39 is 0 Å². The summed E-state index contributed by atoms with van der Waals surface area (Å²) in [5.74, 6) is 0.901. The van der Waals surface area contributed by atoms with Gasteiger partial charge in [-0.3, -0.25) is 5.10 Å². The fourth-order valence-corrected chi connectivity index (χ4v) is 2.21. The summed E-state index contributed by atoms with van der Waals surface area (Å²) < 4.78 is 5.28. The molecule has 0 amide bonds. The van der Waals surface area contributed by atoms with Crippen LogP contribution in [0.4, 0.5) is 0 Å². The lowest BCUT2D eigenvalue weighted by Gasteiger charge is -2.06. The minimum Gasteiger partial charge on any atom is -0.496 e. The first-order valence-electron chi connectivity index (χ1n) is 5.87. The van der Waals surface area contributed by atoms with E-state index in [4.69, 9.17) is 4.74 Å². The van der Waals surface area contributed by atoms with Gasteiger partial charge in [0.2, 0.25) is 0 Å². The highest BCUT2D eigenvalue weighted by Crippen LogP contribution is 2.29. The molecule has 0 spiro atoms. The van der Waals surface area contributed by atoms with Crippen molar-refractivity contribution in [1.29, 1.82) is 0 Å². The number of aromatic amines is 1. The van der Waals surface area contributed by atoms with E-state index >= 15 is 0 Å². The minimum absolute atomic E-state index is 0.901. The van der Waals surface area contributed by atoms with E-state index in [0.29, 0.717) is 0 Å². The van der Waals surface area contributed by atoms with Crippen molar-refractivity contribution < 1.29 is 4.74 Å². The van der Waals surface area contributed by atoms with Crippen molar-refractivity contribution in [3.8, 4) is 17.0 Å². The highest BCUT2D eigenvalue weighted by atomic mass is 16.5. The summed E-state index contributed by atoms with van der Waals surface area (Å²) in [7, 11) is 1.69. The highest BCUT2D eigenvalue weighted by Gasteiger charge is 2.08. The monoisotopic (exact) mass is 238 g/mol. The quantitative estimate of drug-likeness (QED) is 0.741. The normalized spacial score (nSPS) is 10.8. The first-order chi connectivity index (χ1) is 8.79. The van der Waals surface area contributed by atoms with Crippen LogP contribution in [0.2, 0.25) is 0 Å². The molecule has 1 heterocycles. The summed E-state index contributed by atoms with van der Waals surface area (Å²) in [6, 6.07) is 14.3. The van der Waals surface area contributed by atoms with Gasteiger partial charge in [0.1, 0.15) is 5.75 Å². The van der Waals surface area contributed by atoms with E-state index in [2.05, 4.69) is 22.3 Å². The van der Waals surface area contributed by atoms with Crippen LogP contribution in [0.3, 0.4) is 0 Å². The smallest absolute Gasteiger partial charge is 0.121 e. The predicted octanol–water partition coefficient (Wildman–Crippen LogP) is 3.55. The molecule has 3 nitrogen and oxygen atoms in total. The van der Waals surface area contributed by atoms with Crippen molar-refractivity contribution in [3.63, 3.8) is 0 Å². The summed E-state index contributed by atoms with van der Waals surface area (Å²) in [6.07, 6.45) is 0. The number of nitrogens with one attached hydrogen (secondary N) is 1. The van der Waals surface area contributed by atoms with Crippen LogP contribution < -0.4 is 4.74 Å². The second-order valence-corrected chi connectivity index (χ2v) is 4.30. The molecular formula is C15H14N2O. The Labute approximate surface area is 105 Å². The zero-order chi connectivity index (χ0) is 12.5. The third-order valence-corrected chi connectivity index (χ3v) is 3.14. The van der Waals surface area contributed by atoms with Gasteiger partial charge in [0.25, 0.3) is 0 Å². The van der Waals surface area contributed by atoms with Crippen LogP contribution >= 0.6 is 0 Å². The van der Waals surface area contributed by atoms with Crippen LogP contribution in [0.5, 0.6) is 5.75 Å². The van der Waals surface area contributed by atoms with Gasteiger partial charge in [-0.25, -0.2) is 0 Å².